The zero-order chi connectivity index (χ0) is 16.0. The highest BCUT2D eigenvalue weighted by molar-refractivity contribution is 6.29. The number of carboxylic acid groups (broad SMARTS) is 1. The summed E-state index contributed by atoms with van der Waals surface area (Å²) in [6.07, 6.45) is -0.593. The summed E-state index contributed by atoms with van der Waals surface area (Å²) < 4.78 is 5.03. The van der Waals surface area contributed by atoms with Gasteiger partial charge in [-0.3, -0.25) is 0 Å². The molecule has 6 nitrogen and oxygen atoms in total. The second-order valence-electron chi connectivity index (χ2n) is 4.99. The molecule has 0 saturated heterocycles. The van der Waals surface area contributed by atoms with Crippen molar-refractivity contribution in [2.75, 3.05) is 6.54 Å². The van der Waals surface area contributed by atoms with Crippen molar-refractivity contribution in [3.8, 4) is 11.8 Å². The van der Waals surface area contributed by atoms with Crippen LogP contribution in [0, 0.1) is 11.8 Å². The number of nitrogens with one attached hydrogen (secondary N) is 1. The van der Waals surface area contributed by atoms with E-state index in [1.54, 1.807) is 20.8 Å². The highest BCUT2D eigenvalue weighted by Crippen LogP contribution is 2.10. The van der Waals surface area contributed by atoms with Crippen LogP contribution in [-0.4, -0.2) is 34.3 Å². The first-order valence-corrected chi connectivity index (χ1v) is 6.42. The van der Waals surface area contributed by atoms with E-state index in [1.165, 1.54) is 12.1 Å². The molecule has 1 rings (SSSR count). The van der Waals surface area contributed by atoms with Gasteiger partial charge in [0, 0.05) is 0 Å². The first-order chi connectivity index (χ1) is 9.69. The number of ether oxygens (including phenoxy) is 1. The Bertz CT molecular complexity index is 612. The van der Waals surface area contributed by atoms with E-state index in [1.807, 2.05) is 0 Å². The van der Waals surface area contributed by atoms with Crippen LogP contribution in [0.2, 0.25) is 5.15 Å². The van der Waals surface area contributed by atoms with Gasteiger partial charge in [0.05, 0.1) is 12.1 Å². The van der Waals surface area contributed by atoms with Crippen LogP contribution >= 0.6 is 11.6 Å². The number of hydrogen-bond donors (Lipinski definition) is 2. The van der Waals surface area contributed by atoms with E-state index >= 15 is 0 Å². The Morgan fingerprint density at radius 2 is 2.10 bits per heavy atom. The van der Waals surface area contributed by atoms with E-state index in [2.05, 4.69) is 22.1 Å². The van der Waals surface area contributed by atoms with Crippen molar-refractivity contribution in [2.24, 2.45) is 0 Å². The number of aromatic nitrogens is 1. The Labute approximate surface area is 127 Å². The van der Waals surface area contributed by atoms with Crippen molar-refractivity contribution < 1.29 is 19.4 Å². The van der Waals surface area contributed by atoms with Crippen LogP contribution in [0.15, 0.2) is 12.1 Å². The number of aromatic carboxylic acids is 1. The quantitative estimate of drug-likeness (QED) is 0.646. The fourth-order valence-corrected chi connectivity index (χ4v) is 1.42. The molecule has 0 aliphatic heterocycles. The zero-order valence-corrected chi connectivity index (χ0v) is 12.6. The normalized spacial score (nSPS) is 10.3. The molecule has 1 heterocycles. The molecule has 0 saturated carbocycles. The van der Waals surface area contributed by atoms with Gasteiger partial charge in [0.2, 0.25) is 0 Å². The van der Waals surface area contributed by atoms with E-state index in [4.69, 9.17) is 21.4 Å². The molecule has 0 fully saturated rings. The summed E-state index contributed by atoms with van der Waals surface area (Å²) in [6.45, 7) is 5.26. The number of hydrogen-bond acceptors (Lipinski definition) is 4. The number of amides is 1. The van der Waals surface area contributed by atoms with Crippen molar-refractivity contribution in [2.45, 2.75) is 26.4 Å². The first-order valence-electron chi connectivity index (χ1n) is 6.04. The maximum absolute atomic E-state index is 11.4. The Balaban J connectivity index is 2.68. The molecule has 0 aromatic carbocycles. The van der Waals surface area contributed by atoms with E-state index in [9.17, 15) is 9.59 Å². The fourth-order valence-electron chi connectivity index (χ4n) is 1.27. The van der Waals surface area contributed by atoms with E-state index in [-0.39, 0.29) is 23.0 Å². The van der Waals surface area contributed by atoms with Crippen molar-refractivity contribution in [1.82, 2.24) is 10.3 Å². The molecule has 0 bridgehead atoms. The van der Waals surface area contributed by atoms with Crippen LogP contribution in [-0.2, 0) is 4.74 Å². The molecule has 2 N–H and O–H groups in total. The lowest BCUT2D eigenvalue weighted by Crippen LogP contribution is -2.32. The summed E-state index contributed by atoms with van der Waals surface area (Å²) in [5, 5.41) is 11.5. The lowest BCUT2D eigenvalue weighted by molar-refractivity contribution is 0.0534. The summed E-state index contributed by atoms with van der Waals surface area (Å²) in [5.74, 6) is 4.02. The number of pyridine rings is 1. The van der Waals surface area contributed by atoms with Gasteiger partial charge in [-0.05, 0) is 32.9 Å². The average Bonchev–Trinajstić information content (AvgIpc) is 2.33. The molecule has 1 aromatic rings. The minimum atomic E-state index is -1.22. The maximum atomic E-state index is 11.4. The lowest BCUT2D eigenvalue weighted by atomic mass is 10.2. The van der Waals surface area contributed by atoms with Gasteiger partial charge >= 0.3 is 12.1 Å². The summed E-state index contributed by atoms with van der Waals surface area (Å²) in [7, 11) is 0. The maximum Gasteiger partial charge on any atom is 0.408 e. The number of nitrogens with zero attached hydrogens (tertiary/aromatic N) is 1. The van der Waals surface area contributed by atoms with Gasteiger partial charge in [0.15, 0.2) is 5.69 Å². The Morgan fingerprint density at radius 1 is 1.43 bits per heavy atom. The van der Waals surface area contributed by atoms with Crippen LogP contribution in [0.3, 0.4) is 0 Å². The first kappa shape index (κ1) is 16.8. The predicted octanol–water partition coefficient (Wildman–Crippen LogP) is 2.31. The van der Waals surface area contributed by atoms with Gasteiger partial charge in [-0.2, -0.15) is 0 Å². The molecule has 0 unspecified atom stereocenters. The van der Waals surface area contributed by atoms with Gasteiger partial charge < -0.3 is 15.2 Å². The number of carboxylic acids is 1. The fraction of sp³-hybridized carbons (Fsp3) is 0.357. The zero-order valence-electron chi connectivity index (χ0n) is 11.9. The summed E-state index contributed by atoms with van der Waals surface area (Å²) >= 11 is 5.63. The monoisotopic (exact) mass is 310 g/mol. The molecule has 0 aliphatic rings. The summed E-state index contributed by atoms with van der Waals surface area (Å²) in [4.78, 5) is 26.0. The molecule has 0 spiro atoms. The second-order valence-corrected chi connectivity index (χ2v) is 5.38. The molecule has 0 aliphatic carbocycles. The van der Waals surface area contributed by atoms with Crippen molar-refractivity contribution in [1.29, 1.82) is 0 Å². The standard InChI is InChI=1S/C14H15ClN2O4/c1-14(2,3)21-13(20)16-8-4-5-9-6-7-10(15)17-11(9)12(18)19/h6-7H,8H2,1-3H3,(H,16,20)(H,18,19). The molecular formula is C14H15ClN2O4. The van der Waals surface area contributed by atoms with Gasteiger partial charge in [0.1, 0.15) is 10.8 Å². The molecule has 112 valence electrons. The summed E-state index contributed by atoms with van der Waals surface area (Å²) in [6, 6.07) is 2.90. The van der Waals surface area contributed by atoms with Crippen molar-refractivity contribution >= 4 is 23.7 Å². The molecule has 0 atom stereocenters. The Hall–Kier alpha value is -2.26. The third-order valence-corrected chi connectivity index (χ3v) is 2.22. The lowest BCUT2D eigenvalue weighted by Gasteiger charge is -2.19. The number of carbonyl (C=O) groups excluding carboxylic acids is 1. The predicted molar refractivity (Wildman–Crippen MR) is 77.3 cm³/mol. The van der Waals surface area contributed by atoms with Gasteiger partial charge in [0.25, 0.3) is 0 Å². The Morgan fingerprint density at radius 3 is 2.67 bits per heavy atom. The number of halogens is 1. The van der Waals surface area contributed by atoms with E-state index < -0.39 is 17.7 Å². The van der Waals surface area contributed by atoms with E-state index in [0.29, 0.717) is 0 Å². The molecule has 21 heavy (non-hydrogen) atoms. The van der Waals surface area contributed by atoms with Crippen LogP contribution < -0.4 is 5.32 Å². The van der Waals surface area contributed by atoms with Gasteiger partial charge in [-0.1, -0.05) is 23.4 Å². The smallest absolute Gasteiger partial charge is 0.408 e. The summed E-state index contributed by atoms with van der Waals surface area (Å²) in [5.41, 5.74) is -0.598. The average molecular weight is 311 g/mol. The van der Waals surface area contributed by atoms with E-state index in [0.717, 1.165) is 0 Å². The third kappa shape index (κ3) is 6.15. The van der Waals surface area contributed by atoms with Crippen LogP contribution in [0.25, 0.3) is 0 Å². The van der Waals surface area contributed by atoms with Gasteiger partial charge in [-0.25, -0.2) is 14.6 Å². The molecular weight excluding hydrogens is 296 g/mol. The van der Waals surface area contributed by atoms with Crippen LogP contribution in [0.5, 0.6) is 0 Å². The Kier molecular flexibility index (Phi) is 5.56. The minimum Gasteiger partial charge on any atom is -0.476 e. The minimum absolute atomic E-state index is 0.0244. The van der Waals surface area contributed by atoms with Crippen LogP contribution in [0.1, 0.15) is 36.8 Å². The molecule has 1 amide bonds. The third-order valence-electron chi connectivity index (χ3n) is 2.01. The number of rotatable bonds is 2. The van der Waals surface area contributed by atoms with Crippen LogP contribution in [0.4, 0.5) is 4.79 Å². The van der Waals surface area contributed by atoms with Crippen molar-refractivity contribution in [3.05, 3.63) is 28.5 Å². The number of carbonyl (C=O) groups is 2. The van der Waals surface area contributed by atoms with Crippen molar-refractivity contribution in [3.63, 3.8) is 0 Å². The molecule has 0 radical (unpaired) electrons. The highest BCUT2D eigenvalue weighted by Gasteiger charge is 2.15. The SMILES string of the molecule is CC(C)(C)OC(=O)NCC#Cc1ccc(Cl)nc1C(=O)O. The number of alkyl carbamates (subject to hydrolysis) is 1. The largest absolute Gasteiger partial charge is 0.476 e. The second kappa shape index (κ2) is 6.95. The molecule has 7 heteroatoms. The molecule has 1 aromatic heterocycles. The highest BCUT2D eigenvalue weighted by atomic mass is 35.5. The topological polar surface area (TPSA) is 88.5 Å². The van der Waals surface area contributed by atoms with Gasteiger partial charge in [-0.15, -0.1) is 0 Å².